The van der Waals surface area contributed by atoms with E-state index in [2.05, 4.69) is 36.0 Å². The zero-order valence-electron chi connectivity index (χ0n) is 13.2. The monoisotopic (exact) mass is 278 g/mol. The number of nitrogens with one attached hydrogen (secondary N) is 1. The molecule has 5 heteroatoms. The summed E-state index contributed by atoms with van der Waals surface area (Å²) in [7, 11) is 1.86. The van der Waals surface area contributed by atoms with Crippen molar-refractivity contribution in [1.29, 1.82) is 0 Å². The summed E-state index contributed by atoms with van der Waals surface area (Å²) in [6, 6.07) is 0.578. The molecule has 0 radical (unpaired) electrons. The van der Waals surface area contributed by atoms with Crippen LogP contribution in [0.1, 0.15) is 49.8 Å². The van der Waals surface area contributed by atoms with Gasteiger partial charge in [-0.25, -0.2) is 4.98 Å². The van der Waals surface area contributed by atoms with Crippen LogP contribution in [-0.4, -0.2) is 45.0 Å². The van der Waals surface area contributed by atoms with Crippen molar-refractivity contribution in [3.63, 3.8) is 0 Å². The van der Waals surface area contributed by atoms with Crippen molar-refractivity contribution in [2.75, 3.05) is 13.1 Å². The van der Waals surface area contributed by atoms with Crippen molar-refractivity contribution in [2.24, 2.45) is 7.05 Å². The zero-order chi connectivity index (χ0) is 14.9. The van der Waals surface area contributed by atoms with Gasteiger partial charge in [0.05, 0.1) is 12.0 Å². The Bertz CT molecular complexity index is 465. The van der Waals surface area contributed by atoms with Gasteiger partial charge in [-0.1, -0.05) is 0 Å². The summed E-state index contributed by atoms with van der Waals surface area (Å²) in [5.74, 6) is -0.0111. The standard InChI is InChI=1S/C15H26N4O/c1-11(2)19-8-6-15(4,7-9-19)17-14(20)13-12(3)16-10-18(13)5/h10-11H,6-9H2,1-5H3,(H,17,20). The van der Waals surface area contributed by atoms with Crippen LogP contribution in [0.3, 0.4) is 0 Å². The third-order valence-electron chi connectivity index (χ3n) is 4.38. The first-order valence-corrected chi connectivity index (χ1v) is 7.37. The Morgan fingerprint density at radius 1 is 1.40 bits per heavy atom. The highest BCUT2D eigenvalue weighted by molar-refractivity contribution is 5.94. The molecule has 0 spiro atoms. The van der Waals surface area contributed by atoms with Crippen LogP contribution in [0, 0.1) is 6.92 Å². The van der Waals surface area contributed by atoms with E-state index < -0.39 is 0 Å². The van der Waals surface area contributed by atoms with Crippen LogP contribution >= 0.6 is 0 Å². The predicted octanol–water partition coefficient (Wildman–Crippen LogP) is 1.72. The van der Waals surface area contributed by atoms with E-state index in [1.807, 2.05) is 14.0 Å². The van der Waals surface area contributed by atoms with Crippen LogP contribution in [0.4, 0.5) is 0 Å². The Balaban J connectivity index is 2.02. The highest BCUT2D eigenvalue weighted by atomic mass is 16.2. The molecule has 1 aliphatic heterocycles. The number of amides is 1. The number of imidazole rings is 1. The second-order valence-electron chi connectivity index (χ2n) is 6.43. The SMILES string of the molecule is Cc1ncn(C)c1C(=O)NC1(C)CCN(C(C)C)CC1. The van der Waals surface area contributed by atoms with E-state index in [-0.39, 0.29) is 11.4 Å². The average molecular weight is 278 g/mol. The van der Waals surface area contributed by atoms with Crippen LogP contribution in [0.25, 0.3) is 0 Å². The van der Waals surface area contributed by atoms with Gasteiger partial charge in [0.15, 0.2) is 0 Å². The van der Waals surface area contributed by atoms with Gasteiger partial charge in [0.25, 0.3) is 5.91 Å². The number of hydrogen-bond donors (Lipinski definition) is 1. The molecule has 5 nitrogen and oxygen atoms in total. The third kappa shape index (κ3) is 3.03. The van der Waals surface area contributed by atoms with Crippen LogP contribution in [0.2, 0.25) is 0 Å². The van der Waals surface area contributed by atoms with E-state index in [0.717, 1.165) is 31.6 Å². The summed E-state index contributed by atoms with van der Waals surface area (Å²) in [6.07, 6.45) is 3.68. The van der Waals surface area contributed by atoms with E-state index in [1.54, 1.807) is 10.9 Å². The van der Waals surface area contributed by atoms with Gasteiger partial charge < -0.3 is 14.8 Å². The summed E-state index contributed by atoms with van der Waals surface area (Å²) in [6.45, 7) is 10.5. The molecule has 0 aliphatic carbocycles. The topological polar surface area (TPSA) is 50.2 Å². The lowest BCUT2D eigenvalue weighted by Crippen LogP contribution is -2.54. The van der Waals surface area contributed by atoms with Crippen molar-refractivity contribution in [3.8, 4) is 0 Å². The fourth-order valence-electron chi connectivity index (χ4n) is 2.86. The molecule has 1 saturated heterocycles. The van der Waals surface area contributed by atoms with Gasteiger partial charge in [-0.05, 0) is 40.5 Å². The van der Waals surface area contributed by atoms with Gasteiger partial charge >= 0.3 is 0 Å². The molecule has 1 fully saturated rings. The number of nitrogens with zero attached hydrogens (tertiary/aromatic N) is 3. The minimum atomic E-state index is -0.112. The quantitative estimate of drug-likeness (QED) is 0.916. The zero-order valence-corrected chi connectivity index (χ0v) is 13.2. The second kappa shape index (κ2) is 5.56. The first-order chi connectivity index (χ1) is 9.32. The number of piperidine rings is 1. The molecule has 1 N–H and O–H groups in total. The molecule has 2 rings (SSSR count). The number of likely N-dealkylation sites (tertiary alicyclic amines) is 1. The van der Waals surface area contributed by atoms with Crippen molar-refractivity contribution in [1.82, 2.24) is 19.8 Å². The Labute approximate surface area is 121 Å². The smallest absolute Gasteiger partial charge is 0.270 e. The molecule has 112 valence electrons. The van der Waals surface area contributed by atoms with Crippen molar-refractivity contribution in [3.05, 3.63) is 17.7 Å². The van der Waals surface area contributed by atoms with Gasteiger partial charge in [-0.3, -0.25) is 4.79 Å². The van der Waals surface area contributed by atoms with Gasteiger partial charge in [0.2, 0.25) is 0 Å². The lowest BCUT2D eigenvalue weighted by molar-refractivity contribution is 0.0793. The van der Waals surface area contributed by atoms with Crippen LogP contribution in [0.5, 0.6) is 0 Å². The van der Waals surface area contributed by atoms with E-state index in [0.29, 0.717) is 11.7 Å². The molecule has 0 atom stereocenters. The van der Waals surface area contributed by atoms with E-state index in [1.165, 1.54) is 0 Å². The minimum Gasteiger partial charge on any atom is -0.345 e. The minimum absolute atomic E-state index is 0.0111. The predicted molar refractivity (Wildman–Crippen MR) is 79.8 cm³/mol. The van der Waals surface area contributed by atoms with E-state index in [9.17, 15) is 4.79 Å². The average Bonchev–Trinajstić information content (AvgIpc) is 2.69. The number of carbonyl (C=O) groups is 1. The summed E-state index contributed by atoms with van der Waals surface area (Å²) in [5.41, 5.74) is 1.34. The van der Waals surface area contributed by atoms with Crippen molar-refractivity contribution < 1.29 is 4.79 Å². The molecule has 1 aromatic heterocycles. The van der Waals surface area contributed by atoms with Gasteiger partial charge in [0, 0.05) is 31.7 Å². The molecule has 0 unspecified atom stereocenters. The molecule has 20 heavy (non-hydrogen) atoms. The molecule has 0 saturated carbocycles. The molecular formula is C15H26N4O. The highest BCUT2D eigenvalue weighted by Gasteiger charge is 2.33. The molecule has 0 aromatic carbocycles. The number of rotatable bonds is 3. The first kappa shape index (κ1) is 15.0. The normalized spacial score (nSPS) is 19.3. The summed E-state index contributed by atoms with van der Waals surface area (Å²) in [4.78, 5) is 19.1. The fraction of sp³-hybridized carbons (Fsp3) is 0.733. The highest BCUT2D eigenvalue weighted by Crippen LogP contribution is 2.23. The molecule has 1 amide bonds. The van der Waals surface area contributed by atoms with Crippen LogP contribution in [-0.2, 0) is 7.05 Å². The molecular weight excluding hydrogens is 252 g/mol. The number of aromatic nitrogens is 2. The first-order valence-electron chi connectivity index (χ1n) is 7.37. The maximum atomic E-state index is 12.5. The van der Waals surface area contributed by atoms with Crippen molar-refractivity contribution in [2.45, 2.75) is 52.1 Å². The molecule has 2 heterocycles. The Kier molecular flexibility index (Phi) is 4.18. The lowest BCUT2D eigenvalue weighted by Gasteiger charge is -2.41. The fourth-order valence-corrected chi connectivity index (χ4v) is 2.86. The van der Waals surface area contributed by atoms with Crippen LogP contribution < -0.4 is 5.32 Å². The number of carbonyl (C=O) groups excluding carboxylic acids is 1. The van der Waals surface area contributed by atoms with Crippen LogP contribution in [0.15, 0.2) is 6.33 Å². The summed E-state index contributed by atoms with van der Waals surface area (Å²) in [5, 5.41) is 3.21. The largest absolute Gasteiger partial charge is 0.345 e. The second-order valence-corrected chi connectivity index (χ2v) is 6.43. The lowest BCUT2D eigenvalue weighted by atomic mass is 9.89. The Morgan fingerprint density at radius 3 is 2.45 bits per heavy atom. The molecule has 1 aromatic rings. The molecule has 0 bridgehead atoms. The van der Waals surface area contributed by atoms with Gasteiger partial charge in [-0.15, -0.1) is 0 Å². The van der Waals surface area contributed by atoms with Gasteiger partial charge in [0.1, 0.15) is 5.69 Å². The van der Waals surface area contributed by atoms with E-state index >= 15 is 0 Å². The third-order valence-corrected chi connectivity index (χ3v) is 4.38. The maximum Gasteiger partial charge on any atom is 0.270 e. The summed E-state index contributed by atoms with van der Waals surface area (Å²) >= 11 is 0. The van der Waals surface area contributed by atoms with Crippen molar-refractivity contribution >= 4 is 5.91 Å². The Hall–Kier alpha value is -1.36. The number of aryl methyl sites for hydroxylation is 2. The number of hydrogen-bond acceptors (Lipinski definition) is 3. The van der Waals surface area contributed by atoms with E-state index in [4.69, 9.17) is 0 Å². The van der Waals surface area contributed by atoms with Gasteiger partial charge in [-0.2, -0.15) is 0 Å². The molecule has 1 aliphatic rings. The Morgan fingerprint density at radius 2 is 2.00 bits per heavy atom. The summed E-state index contributed by atoms with van der Waals surface area (Å²) < 4.78 is 1.79. The maximum absolute atomic E-state index is 12.5.